The lowest BCUT2D eigenvalue weighted by Crippen LogP contribution is -2.30. The Balaban J connectivity index is 0.00000133. The van der Waals surface area contributed by atoms with Crippen LogP contribution in [0.3, 0.4) is 0 Å². The van der Waals surface area contributed by atoms with Crippen LogP contribution in [-0.2, 0) is 6.54 Å². The van der Waals surface area contributed by atoms with Crippen LogP contribution in [0, 0.1) is 11.8 Å². The average Bonchev–Trinajstić information content (AvgIpc) is 2.87. The minimum atomic E-state index is 0. The lowest BCUT2D eigenvalue weighted by atomic mass is 9.98. The van der Waals surface area contributed by atoms with Crippen molar-refractivity contribution in [1.29, 1.82) is 0 Å². The minimum Gasteiger partial charge on any atom is -0.327 e. The Morgan fingerprint density at radius 3 is 2.84 bits per heavy atom. The van der Waals surface area contributed by atoms with Crippen molar-refractivity contribution in [2.24, 2.45) is 17.6 Å². The number of likely N-dealkylation sites (tertiary alicyclic amines) is 1. The van der Waals surface area contributed by atoms with Crippen LogP contribution in [0.2, 0.25) is 5.02 Å². The number of nitrogens with two attached hydrogens (primary N) is 1. The van der Waals surface area contributed by atoms with Crippen molar-refractivity contribution in [1.82, 2.24) is 4.90 Å². The highest BCUT2D eigenvalue weighted by atomic mass is 79.9. The maximum Gasteiger partial charge on any atom is 0.0451 e. The van der Waals surface area contributed by atoms with Crippen molar-refractivity contribution >= 4 is 39.9 Å². The molecule has 0 amide bonds. The molecule has 1 aromatic rings. The molecule has 0 spiro atoms. The molecule has 5 heteroatoms. The van der Waals surface area contributed by atoms with E-state index in [1.807, 2.05) is 12.1 Å². The summed E-state index contributed by atoms with van der Waals surface area (Å²) in [5.74, 6) is 1.52. The van der Waals surface area contributed by atoms with Gasteiger partial charge >= 0.3 is 0 Å². The lowest BCUT2D eigenvalue weighted by Gasteiger charge is -2.19. The van der Waals surface area contributed by atoms with Crippen LogP contribution in [0.1, 0.15) is 18.4 Å². The van der Waals surface area contributed by atoms with E-state index in [-0.39, 0.29) is 12.4 Å². The number of hydrogen-bond acceptors (Lipinski definition) is 2. The van der Waals surface area contributed by atoms with Crippen molar-refractivity contribution < 1.29 is 0 Å². The molecule has 3 atom stereocenters. The predicted octanol–water partition coefficient (Wildman–Crippen LogP) is 3.69. The van der Waals surface area contributed by atoms with Crippen molar-refractivity contribution in [3.63, 3.8) is 0 Å². The predicted molar refractivity (Wildman–Crippen MR) is 85.9 cm³/mol. The van der Waals surface area contributed by atoms with Gasteiger partial charge in [-0.15, -0.1) is 12.4 Å². The van der Waals surface area contributed by atoms with Crippen LogP contribution in [-0.4, -0.2) is 24.0 Å². The smallest absolute Gasteiger partial charge is 0.0451 e. The second kappa shape index (κ2) is 6.31. The fraction of sp³-hybridized carbons (Fsp3) is 0.571. The van der Waals surface area contributed by atoms with Gasteiger partial charge < -0.3 is 5.73 Å². The molecular formula is C14H19BrCl2N2. The highest BCUT2D eigenvalue weighted by Crippen LogP contribution is 2.38. The Bertz CT molecular complexity index is 455. The normalized spacial score (nSPS) is 30.2. The summed E-state index contributed by atoms with van der Waals surface area (Å²) in [6.07, 6.45) is 2.51. The van der Waals surface area contributed by atoms with E-state index in [4.69, 9.17) is 17.3 Å². The van der Waals surface area contributed by atoms with E-state index < -0.39 is 0 Å². The SMILES string of the molecule is Cl.NC1CCC2CN(Cc3cc(Br)ccc3Cl)CC12. The molecule has 106 valence electrons. The van der Waals surface area contributed by atoms with E-state index in [1.165, 1.54) is 24.9 Å². The fourth-order valence-corrected chi connectivity index (χ4v) is 4.02. The zero-order valence-corrected chi connectivity index (χ0v) is 13.8. The van der Waals surface area contributed by atoms with E-state index in [9.17, 15) is 0 Å². The first-order chi connectivity index (χ1) is 8.63. The number of benzene rings is 1. The Morgan fingerprint density at radius 1 is 1.32 bits per heavy atom. The summed E-state index contributed by atoms with van der Waals surface area (Å²) in [5, 5.41) is 0.861. The first-order valence-corrected chi connectivity index (χ1v) is 7.72. The molecule has 1 aliphatic carbocycles. The second-order valence-corrected chi connectivity index (χ2v) is 6.92. The number of hydrogen-bond donors (Lipinski definition) is 1. The van der Waals surface area contributed by atoms with Crippen LogP contribution < -0.4 is 5.73 Å². The van der Waals surface area contributed by atoms with Gasteiger partial charge in [0.05, 0.1) is 0 Å². The topological polar surface area (TPSA) is 29.3 Å². The lowest BCUT2D eigenvalue weighted by molar-refractivity contribution is 0.298. The molecule has 0 aromatic heterocycles. The van der Waals surface area contributed by atoms with Gasteiger partial charge in [-0.1, -0.05) is 27.5 Å². The van der Waals surface area contributed by atoms with E-state index in [2.05, 4.69) is 26.9 Å². The highest BCUT2D eigenvalue weighted by Gasteiger charge is 2.40. The van der Waals surface area contributed by atoms with E-state index in [0.717, 1.165) is 28.5 Å². The molecule has 1 saturated carbocycles. The molecule has 2 aliphatic rings. The summed E-state index contributed by atoms with van der Waals surface area (Å²) in [5.41, 5.74) is 7.38. The highest BCUT2D eigenvalue weighted by molar-refractivity contribution is 9.10. The van der Waals surface area contributed by atoms with Crippen LogP contribution in [0.25, 0.3) is 0 Å². The Hall–Kier alpha value is 0.200. The summed E-state index contributed by atoms with van der Waals surface area (Å²) in [4.78, 5) is 2.50. The summed E-state index contributed by atoms with van der Waals surface area (Å²) < 4.78 is 1.10. The van der Waals surface area contributed by atoms with E-state index in [1.54, 1.807) is 0 Å². The van der Waals surface area contributed by atoms with E-state index >= 15 is 0 Å². The summed E-state index contributed by atoms with van der Waals surface area (Å²) in [6, 6.07) is 6.48. The molecular weight excluding hydrogens is 347 g/mol. The minimum absolute atomic E-state index is 0. The zero-order chi connectivity index (χ0) is 12.7. The van der Waals surface area contributed by atoms with Crippen LogP contribution >= 0.6 is 39.9 Å². The van der Waals surface area contributed by atoms with Gasteiger partial charge in [-0.05, 0) is 48.4 Å². The van der Waals surface area contributed by atoms with Gasteiger partial charge in [-0.25, -0.2) is 0 Å². The van der Waals surface area contributed by atoms with Gasteiger partial charge in [0.15, 0.2) is 0 Å². The Morgan fingerprint density at radius 2 is 2.11 bits per heavy atom. The molecule has 19 heavy (non-hydrogen) atoms. The maximum atomic E-state index is 6.25. The second-order valence-electron chi connectivity index (χ2n) is 5.59. The van der Waals surface area contributed by atoms with Crippen molar-refractivity contribution in [2.75, 3.05) is 13.1 Å². The van der Waals surface area contributed by atoms with Crippen LogP contribution in [0.15, 0.2) is 22.7 Å². The first-order valence-electron chi connectivity index (χ1n) is 6.55. The summed E-state index contributed by atoms with van der Waals surface area (Å²) in [7, 11) is 0. The third-order valence-corrected chi connectivity index (χ3v) is 5.25. The molecule has 3 unspecified atom stereocenters. The molecule has 2 N–H and O–H groups in total. The van der Waals surface area contributed by atoms with Gasteiger partial charge in [0.1, 0.15) is 0 Å². The zero-order valence-electron chi connectivity index (χ0n) is 10.7. The molecule has 1 aromatic carbocycles. The van der Waals surface area contributed by atoms with Gasteiger partial charge in [-0.2, -0.15) is 0 Å². The number of halogens is 3. The van der Waals surface area contributed by atoms with Crippen LogP contribution in [0.5, 0.6) is 0 Å². The van der Waals surface area contributed by atoms with Gasteiger partial charge in [0, 0.05) is 35.2 Å². The quantitative estimate of drug-likeness (QED) is 0.865. The fourth-order valence-electron chi connectivity index (χ4n) is 3.43. The number of fused-ring (bicyclic) bond motifs is 1. The molecule has 2 nitrogen and oxygen atoms in total. The van der Waals surface area contributed by atoms with Gasteiger partial charge in [-0.3, -0.25) is 4.90 Å². The maximum absolute atomic E-state index is 6.25. The van der Waals surface area contributed by atoms with Crippen molar-refractivity contribution in [3.8, 4) is 0 Å². The van der Waals surface area contributed by atoms with Gasteiger partial charge in [0.2, 0.25) is 0 Å². The molecule has 0 bridgehead atoms. The van der Waals surface area contributed by atoms with Crippen molar-refractivity contribution in [3.05, 3.63) is 33.3 Å². The summed E-state index contributed by atoms with van der Waals surface area (Å²) >= 11 is 9.76. The largest absolute Gasteiger partial charge is 0.327 e. The number of rotatable bonds is 2. The first kappa shape index (κ1) is 15.6. The molecule has 1 heterocycles. The average molecular weight is 366 g/mol. The third-order valence-electron chi connectivity index (χ3n) is 4.39. The molecule has 1 saturated heterocycles. The van der Waals surface area contributed by atoms with Gasteiger partial charge in [0.25, 0.3) is 0 Å². The molecule has 2 fully saturated rings. The summed E-state index contributed by atoms with van der Waals surface area (Å²) in [6.45, 7) is 3.26. The molecule has 1 aliphatic heterocycles. The van der Waals surface area contributed by atoms with E-state index in [0.29, 0.717) is 12.0 Å². The van der Waals surface area contributed by atoms with Crippen molar-refractivity contribution in [2.45, 2.75) is 25.4 Å². The Labute approximate surface area is 134 Å². The molecule has 0 radical (unpaired) electrons. The Kier molecular flexibility index (Phi) is 5.18. The standard InChI is InChI=1S/C14H18BrClN2.ClH/c15-11-2-3-13(16)10(5-11)7-18-6-9-1-4-14(17)12(9)8-18;/h2-3,5,9,12,14H,1,4,6-8,17H2;1H. The third kappa shape index (κ3) is 3.27. The number of nitrogens with zero attached hydrogens (tertiary/aromatic N) is 1. The molecule has 3 rings (SSSR count). The monoisotopic (exact) mass is 364 g/mol. The van der Waals surface area contributed by atoms with Crippen LogP contribution in [0.4, 0.5) is 0 Å².